The molecule has 2 N–H and O–H groups in total. The second kappa shape index (κ2) is 6.08. The van der Waals surface area contributed by atoms with Crippen molar-refractivity contribution in [2.45, 2.75) is 0 Å². The molecule has 0 saturated carbocycles. The van der Waals surface area contributed by atoms with Crippen LogP contribution >= 0.6 is 0 Å². The van der Waals surface area contributed by atoms with Gasteiger partial charge in [0.25, 0.3) is 11.8 Å². The van der Waals surface area contributed by atoms with E-state index in [0.717, 1.165) is 0 Å². The van der Waals surface area contributed by atoms with E-state index in [-0.39, 0.29) is 12.5 Å². The standard InChI is InChI=1S/C14H16N4O3/c1-17-8-11(7-16-17)18(2)14(20)10-4-3-5-12(6-10)21-9-13(15)19/h3-8H,9H2,1-2H3,(H2,15,19). The summed E-state index contributed by atoms with van der Waals surface area (Å²) in [6, 6.07) is 6.58. The van der Waals surface area contributed by atoms with Crippen LogP contribution in [0.5, 0.6) is 5.75 Å². The number of aryl methyl sites for hydroxylation is 1. The van der Waals surface area contributed by atoms with Crippen LogP contribution in [0.1, 0.15) is 10.4 Å². The molecule has 1 aromatic heterocycles. The van der Waals surface area contributed by atoms with Crippen LogP contribution in [0.3, 0.4) is 0 Å². The fraction of sp³-hybridized carbons (Fsp3) is 0.214. The van der Waals surface area contributed by atoms with E-state index >= 15 is 0 Å². The molecule has 7 heteroatoms. The second-order valence-electron chi connectivity index (χ2n) is 4.52. The third kappa shape index (κ3) is 3.59. The van der Waals surface area contributed by atoms with Gasteiger partial charge in [0.05, 0.1) is 11.9 Å². The smallest absolute Gasteiger partial charge is 0.258 e. The maximum atomic E-state index is 12.4. The lowest BCUT2D eigenvalue weighted by atomic mass is 10.2. The Bertz CT molecular complexity index is 666. The number of nitrogens with zero attached hydrogens (tertiary/aromatic N) is 3. The van der Waals surface area contributed by atoms with Gasteiger partial charge in [0.15, 0.2) is 6.61 Å². The van der Waals surface area contributed by atoms with E-state index in [0.29, 0.717) is 17.0 Å². The number of carbonyl (C=O) groups is 2. The van der Waals surface area contributed by atoms with Gasteiger partial charge in [-0.25, -0.2) is 0 Å². The molecular formula is C14H16N4O3. The molecule has 0 bridgehead atoms. The van der Waals surface area contributed by atoms with E-state index in [4.69, 9.17) is 10.5 Å². The Morgan fingerprint density at radius 3 is 2.81 bits per heavy atom. The van der Waals surface area contributed by atoms with Crippen LogP contribution in [-0.4, -0.2) is 35.2 Å². The van der Waals surface area contributed by atoms with E-state index < -0.39 is 5.91 Å². The Hall–Kier alpha value is -2.83. The number of carbonyl (C=O) groups excluding carboxylic acids is 2. The number of primary amides is 1. The molecule has 1 aromatic carbocycles. The molecule has 2 aromatic rings. The lowest BCUT2D eigenvalue weighted by Crippen LogP contribution is -2.26. The Morgan fingerprint density at radius 1 is 1.43 bits per heavy atom. The topological polar surface area (TPSA) is 90.4 Å². The number of hydrogen-bond donors (Lipinski definition) is 1. The van der Waals surface area contributed by atoms with Crippen LogP contribution in [0.4, 0.5) is 5.69 Å². The molecule has 0 spiro atoms. The van der Waals surface area contributed by atoms with Gasteiger partial charge < -0.3 is 15.4 Å². The van der Waals surface area contributed by atoms with Gasteiger partial charge in [0.1, 0.15) is 5.75 Å². The highest BCUT2D eigenvalue weighted by atomic mass is 16.5. The minimum absolute atomic E-state index is 0.201. The maximum Gasteiger partial charge on any atom is 0.258 e. The molecule has 0 atom stereocenters. The fourth-order valence-electron chi connectivity index (χ4n) is 1.77. The first-order valence-corrected chi connectivity index (χ1v) is 6.25. The van der Waals surface area contributed by atoms with E-state index in [9.17, 15) is 9.59 Å². The second-order valence-corrected chi connectivity index (χ2v) is 4.52. The normalized spacial score (nSPS) is 10.2. The van der Waals surface area contributed by atoms with Crippen molar-refractivity contribution in [1.82, 2.24) is 9.78 Å². The molecule has 0 saturated heterocycles. The van der Waals surface area contributed by atoms with Gasteiger partial charge in [-0.15, -0.1) is 0 Å². The third-order valence-corrected chi connectivity index (χ3v) is 2.85. The van der Waals surface area contributed by atoms with E-state index in [2.05, 4.69) is 5.10 Å². The summed E-state index contributed by atoms with van der Waals surface area (Å²) in [6.07, 6.45) is 3.34. The van der Waals surface area contributed by atoms with Crippen LogP contribution in [0, 0.1) is 0 Å². The quantitative estimate of drug-likeness (QED) is 0.870. The first-order chi connectivity index (χ1) is 9.97. The van der Waals surface area contributed by atoms with Crippen LogP contribution in [0.15, 0.2) is 36.7 Å². The van der Waals surface area contributed by atoms with Gasteiger partial charge in [-0.1, -0.05) is 6.07 Å². The highest BCUT2D eigenvalue weighted by Gasteiger charge is 2.15. The highest BCUT2D eigenvalue weighted by molar-refractivity contribution is 6.05. The molecule has 0 radical (unpaired) electrons. The zero-order valence-electron chi connectivity index (χ0n) is 11.8. The highest BCUT2D eigenvalue weighted by Crippen LogP contribution is 2.18. The largest absolute Gasteiger partial charge is 0.484 e. The van der Waals surface area contributed by atoms with Gasteiger partial charge in [-0.05, 0) is 18.2 Å². The summed E-state index contributed by atoms with van der Waals surface area (Å²) in [4.78, 5) is 24.6. The molecular weight excluding hydrogens is 272 g/mol. The predicted molar refractivity (Wildman–Crippen MR) is 77.1 cm³/mol. The van der Waals surface area contributed by atoms with Crippen molar-refractivity contribution >= 4 is 17.5 Å². The maximum absolute atomic E-state index is 12.4. The van der Waals surface area contributed by atoms with Crippen molar-refractivity contribution in [2.24, 2.45) is 12.8 Å². The van der Waals surface area contributed by atoms with Crippen LogP contribution in [0.2, 0.25) is 0 Å². The average molecular weight is 288 g/mol. The van der Waals surface area contributed by atoms with E-state index in [1.165, 1.54) is 4.90 Å². The Labute approximate surface area is 121 Å². The summed E-state index contributed by atoms with van der Waals surface area (Å²) in [7, 11) is 3.44. The van der Waals surface area contributed by atoms with Gasteiger partial charge in [-0.3, -0.25) is 14.3 Å². The minimum atomic E-state index is -0.570. The summed E-state index contributed by atoms with van der Waals surface area (Å²) in [5.74, 6) is -0.356. The number of rotatable bonds is 5. The van der Waals surface area contributed by atoms with Gasteiger partial charge in [0, 0.05) is 25.9 Å². The molecule has 0 unspecified atom stereocenters. The van der Waals surface area contributed by atoms with Crippen molar-refractivity contribution in [2.75, 3.05) is 18.6 Å². The molecule has 0 fully saturated rings. The molecule has 2 amide bonds. The zero-order valence-corrected chi connectivity index (χ0v) is 11.8. The third-order valence-electron chi connectivity index (χ3n) is 2.85. The summed E-state index contributed by atoms with van der Waals surface area (Å²) < 4.78 is 6.80. The number of ether oxygens (including phenoxy) is 1. The average Bonchev–Trinajstić information content (AvgIpc) is 2.90. The van der Waals surface area contributed by atoms with Crippen molar-refractivity contribution < 1.29 is 14.3 Å². The van der Waals surface area contributed by atoms with Gasteiger partial charge in [0.2, 0.25) is 0 Å². The van der Waals surface area contributed by atoms with Crippen molar-refractivity contribution in [3.8, 4) is 5.75 Å². The Balaban J connectivity index is 2.15. The summed E-state index contributed by atoms with van der Waals surface area (Å²) >= 11 is 0. The predicted octanol–water partition coefficient (Wildman–Crippen LogP) is 0.561. The SMILES string of the molecule is CN(C(=O)c1cccc(OCC(N)=O)c1)c1cnn(C)c1. The number of amides is 2. The molecule has 0 aliphatic carbocycles. The lowest BCUT2D eigenvalue weighted by molar-refractivity contribution is -0.119. The molecule has 21 heavy (non-hydrogen) atoms. The fourth-order valence-corrected chi connectivity index (χ4v) is 1.77. The van der Waals surface area contributed by atoms with Gasteiger partial charge in [-0.2, -0.15) is 5.10 Å². The van der Waals surface area contributed by atoms with Crippen LogP contribution in [0.25, 0.3) is 0 Å². The van der Waals surface area contributed by atoms with Gasteiger partial charge >= 0.3 is 0 Å². The molecule has 1 heterocycles. The monoisotopic (exact) mass is 288 g/mol. The molecule has 0 aliphatic heterocycles. The van der Waals surface area contributed by atoms with E-state index in [1.807, 2.05) is 0 Å². The Morgan fingerprint density at radius 2 is 2.19 bits per heavy atom. The molecule has 7 nitrogen and oxygen atoms in total. The van der Waals surface area contributed by atoms with Crippen molar-refractivity contribution in [3.05, 3.63) is 42.2 Å². The summed E-state index contributed by atoms with van der Waals surface area (Å²) in [5.41, 5.74) is 6.15. The first-order valence-electron chi connectivity index (χ1n) is 6.25. The molecule has 0 aliphatic rings. The number of hydrogen-bond acceptors (Lipinski definition) is 4. The van der Waals surface area contributed by atoms with Crippen LogP contribution < -0.4 is 15.4 Å². The number of nitrogens with two attached hydrogens (primary N) is 1. The molecule has 110 valence electrons. The minimum Gasteiger partial charge on any atom is -0.484 e. The lowest BCUT2D eigenvalue weighted by Gasteiger charge is -2.15. The van der Waals surface area contributed by atoms with E-state index in [1.54, 1.807) is 55.4 Å². The molecule has 2 rings (SSSR count). The summed E-state index contributed by atoms with van der Waals surface area (Å²) in [5, 5.41) is 4.03. The van der Waals surface area contributed by atoms with Crippen molar-refractivity contribution in [3.63, 3.8) is 0 Å². The summed E-state index contributed by atoms with van der Waals surface area (Å²) in [6.45, 7) is -0.226. The van der Waals surface area contributed by atoms with Crippen molar-refractivity contribution in [1.29, 1.82) is 0 Å². The van der Waals surface area contributed by atoms with Crippen LogP contribution in [-0.2, 0) is 11.8 Å². The zero-order chi connectivity index (χ0) is 15.4. The Kier molecular flexibility index (Phi) is 4.22. The number of aromatic nitrogens is 2. The number of benzene rings is 1. The number of anilines is 1. The first kappa shape index (κ1) is 14.6.